The molecule has 0 aliphatic heterocycles. The van der Waals surface area contributed by atoms with Crippen LogP contribution < -0.4 is 24.3 Å². The summed E-state index contributed by atoms with van der Waals surface area (Å²) in [6, 6.07) is 9.95. The molecule has 1 fully saturated rings. The zero-order valence-corrected chi connectivity index (χ0v) is 19.9. The Morgan fingerprint density at radius 3 is 2.30 bits per heavy atom. The van der Waals surface area contributed by atoms with Crippen molar-refractivity contribution in [3.05, 3.63) is 46.5 Å². The highest BCUT2D eigenvalue weighted by atomic mass is 35.5. The van der Waals surface area contributed by atoms with Gasteiger partial charge >= 0.3 is 0 Å². The van der Waals surface area contributed by atoms with E-state index >= 15 is 0 Å². The number of hydrogen-bond acceptors (Lipinski definition) is 6. The van der Waals surface area contributed by atoms with Crippen LogP contribution in [0.15, 0.2) is 30.3 Å². The molecule has 1 saturated carbocycles. The summed E-state index contributed by atoms with van der Waals surface area (Å²) in [6.07, 6.45) is 5.76. The number of ether oxygens (including phenoxy) is 4. The lowest BCUT2D eigenvalue weighted by atomic mass is 9.84. The maximum atomic E-state index is 12.6. The first-order valence-corrected chi connectivity index (χ1v) is 11.3. The number of rotatable bonds is 9. The first kappa shape index (κ1) is 24.5. The van der Waals surface area contributed by atoms with Crippen LogP contribution in [0.5, 0.6) is 23.0 Å². The number of carbonyl (C=O) groups excluding carboxylic acids is 1. The lowest BCUT2D eigenvalue weighted by Crippen LogP contribution is -2.32. The Hall–Kier alpha value is -3.11. The number of carbonyl (C=O) groups is 1. The minimum atomic E-state index is -0.919. The second-order valence-electron chi connectivity index (χ2n) is 7.89. The summed E-state index contributed by atoms with van der Waals surface area (Å²) in [7, 11) is 4.48. The molecule has 2 aromatic rings. The fourth-order valence-electron chi connectivity index (χ4n) is 4.19. The highest BCUT2D eigenvalue weighted by molar-refractivity contribution is 6.30. The van der Waals surface area contributed by atoms with Crippen LogP contribution in [-0.2, 0) is 4.79 Å². The van der Waals surface area contributed by atoms with Crippen LogP contribution in [0, 0.1) is 11.3 Å². The van der Waals surface area contributed by atoms with Crippen LogP contribution in [-0.4, -0.2) is 33.8 Å². The molecule has 1 aliphatic carbocycles. The van der Waals surface area contributed by atoms with E-state index < -0.39 is 11.9 Å². The number of halogens is 1. The maximum Gasteiger partial charge on any atom is 0.259 e. The van der Waals surface area contributed by atoms with Crippen molar-refractivity contribution >= 4 is 17.5 Å². The summed E-state index contributed by atoms with van der Waals surface area (Å²) >= 11 is 6.22. The molecule has 2 aromatic carbocycles. The Bertz CT molecular complexity index is 989. The topological polar surface area (TPSA) is 89.8 Å². The van der Waals surface area contributed by atoms with Crippen LogP contribution in [0.1, 0.15) is 55.2 Å². The Morgan fingerprint density at radius 1 is 1.06 bits per heavy atom. The molecular formula is C25H29ClN2O5. The third-order valence-corrected chi connectivity index (χ3v) is 6.07. The quantitative estimate of drug-likeness (QED) is 0.541. The van der Waals surface area contributed by atoms with Gasteiger partial charge in [-0.2, -0.15) is 5.26 Å². The van der Waals surface area contributed by atoms with Gasteiger partial charge in [0.05, 0.1) is 27.4 Å². The number of nitrogens with zero attached hydrogens (tertiary/aromatic N) is 1. The van der Waals surface area contributed by atoms with E-state index in [2.05, 4.69) is 11.4 Å². The summed E-state index contributed by atoms with van der Waals surface area (Å²) in [6.45, 7) is -0.218. The van der Waals surface area contributed by atoms with Gasteiger partial charge in [-0.25, -0.2) is 0 Å². The largest absolute Gasteiger partial charge is 0.493 e. The van der Waals surface area contributed by atoms with Gasteiger partial charge in [-0.3, -0.25) is 4.79 Å². The molecule has 1 amide bonds. The van der Waals surface area contributed by atoms with Gasteiger partial charge in [0.15, 0.2) is 18.1 Å². The van der Waals surface area contributed by atoms with Crippen molar-refractivity contribution in [2.24, 2.45) is 0 Å². The molecule has 1 atom stereocenters. The highest BCUT2D eigenvalue weighted by Gasteiger charge is 2.22. The summed E-state index contributed by atoms with van der Waals surface area (Å²) < 4.78 is 21.9. The van der Waals surface area contributed by atoms with Crippen molar-refractivity contribution in [3.8, 4) is 29.1 Å². The molecule has 0 bridgehead atoms. The highest BCUT2D eigenvalue weighted by Crippen LogP contribution is 2.40. The van der Waals surface area contributed by atoms with Gasteiger partial charge in [0.2, 0.25) is 5.75 Å². The molecule has 176 valence electrons. The number of amides is 1. The molecule has 1 aliphatic rings. The molecular weight excluding hydrogens is 444 g/mol. The molecule has 0 saturated heterocycles. The molecule has 0 radical (unpaired) electrons. The van der Waals surface area contributed by atoms with E-state index in [9.17, 15) is 10.1 Å². The molecule has 3 rings (SSSR count). The van der Waals surface area contributed by atoms with E-state index in [-0.39, 0.29) is 6.61 Å². The summed E-state index contributed by atoms with van der Waals surface area (Å²) in [4.78, 5) is 12.6. The second-order valence-corrected chi connectivity index (χ2v) is 8.33. The Balaban J connectivity index is 1.71. The normalized spacial score (nSPS) is 14.6. The van der Waals surface area contributed by atoms with Crippen LogP contribution in [0.25, 0.3) is 0 Å². The van der Waals surface area contributed by atoms with Crippen LogP contribution in [0.2, 0.25) is 5.02 Å². The van der Waals surface area contributed by atoms with Crippen molar-refractivity contribution in [1.82, 2.24) is 5.32 Å². The van der Waals surface area contributed by atoms with Gasteiger partial charge < -0.3 is 24.3 Å². The number of nitrogens with one attached hydrogen (secondary N) is 1. The first-order valence-electron chi connectivity index (χ1n) is 10.9. The monoisotopic (exact) mass is 472 g/mol. The van der Waals surface area contributed by atoms with Crippen molar-refractivity contribution in [2.75, 3.05) is 27.9 Å². The fraction of sp³-hybridized carbons (Fsp3) is 0.440. The predicted octanol–water partition coefficient (Wildman–Crippen LogP) is 5.17. The number of hydrogen-bond donors (Lipinski definition) is 1. The van der Waals surface area contributed by atoms with E-state index in [0.717, 1.165) is 18.4 Å². The van der Waals surface area contributed by atoms with Crippen molar-refractivity contribution < 1.29 is 23.7 Å². The van der Waals surface area contributed by atoms with E-state index in [0.29, 0.717) is 39.5 Å². The van der Waals surface area contributed by atoms with Gasteiger partial charge in [-0.05, 0) is 60.2 Å². The number of benzene rings is 2. The smallest absolute Gasteiger partial charge is 0.259 e. The molecule has 0 heterocycles. The second kappa shape index (κ2) is 11.7. The summed E-state index contributed by atoms with van der Waals surface area (Å²) in [5, 5.41) is 13.0. The molecule has 1 N–H and O–H groups in total. The third kappa shape index (κ3) is 6.02. The first-order chi connectivity index (χ1) is 16.0. The average Bonchev–Trinajstić information content (AvgIpc) is 2.85. The Kier molecular flexibility index (Phi) is 8.67. The zero-order valence-electron chi connectivity index (χ0n) is 19.2. The molecule has 33 heavy (non-hydrogen) atoms. The standard InChI is InChI=1S/C25H29ClN2O5/c1-30-22-11-17(12-23(31-2)25(22)32-3)20(14-27)28-24(29)15-33-21-10-9-18(26)13-19(21)16-7-5-4-6-8-16/h9-13,16,20H,4-8,15H2,1-3H3,(H,28,29). The fourth-order valence-corrected chi connectivity index (χ4v) is 4.37. The van der Waals surface area contributed by atoms with Gasteiger partial charge in [0.25, 0.3) is 5.91 Å². The van der Waals surface area contributed by atoms with Crippen LogP contribution >= 0.6 is 11.6 Å². The Morgan fingerprint density at radius 2 is 1.73 bits per heavy atom. The SMILES string of the molecule is COc1cc(C(C#N)NC(=O)COc2ccc(Cl)cc2C2CCCCC2)cc(OC)c1OC. The van der Waals surface area contributed by atoms with Crippen LogP contribution in [0.4, 0.5) is 0 Å². The minimum Gasteiger partial charge on any atom is -0.493 e. The summed E-state index contributed by atoms with van der Waals surface area (Å²) in [5.74, 6) is 1.82. The van der Waals surface area contributed by atoms with E-state index in [1.54, 1.807) is 24.3 Å². The van der Waals surface area contributed by atoms with Gasteiger partial charge in [0.1, 0.15) is 11.8 Å². The summed E-state index contributed by atoms with van der Waals surface area (Å²) in [5.41, 5.74) is 1.55. The zero-order chi connectivity index (χ0) is 23.8. The van der Waals surface area contributed by atoms with E-state index in [1.807, 2.05) is 6.07 Å². The van der Waals surface area contributed by atoms with E-state index in [1.165, 1.54) is 40.6 Å². The number of methoxy groups -OCH3 is 3. The molecule has 0 aromatic heterocycles. The minimum absolute atomic E-state index is 0.218. The lowest BCUT2D eigenvalue weighted by Gasteiger charge is -2.24. The van der Waals surface area contributed by atoms with Gasteiger partial charge in [-0.15, -0.1) is 0 Å². The maximum absolute atomic E-state index is 12.6. The van der Waals surface area contributed by atoms with Gasteiger partial charge in [-0.1, -0.05) is 30.9 Å². The number of nitriles is 1. The molecule has 1 unspecified atom stereocenters. The predicted molar refractivity (Wildman–Crippen MR) is 125 cm³/mol. The molecule has 7 nitrogen and oxygen atoms in total. The van der Waals surface area contributed by atoms with Crippen molar-refractivity contribution in [3.63, 3.8) is 0 Å². The lowest BCUT2D eigenvalue weighted by molar-refractivity contribution is -0.123. The van der Waals surface area contributed by atoms with Crippen molar-refractivity contribution in [2.45, 2.75) is 44.1 Å². The molecule has 8 heteroatoms. The van der Waals surface area contributed by atoms with Gasteiger partial charge in [0, 0.05) is 5.02 Å². The van der Waals surface area contributed by atoms with Crippen LogP contribution in [0.3, 0.4) is 0 Å². The molecule has 0 spiro atoms. The Labute approximate surface area is 199 Å². The average molecular weight is 473 g/mol. The third-order valence-electron chi connectivity index (χ3n) is 5.83. The van der Waals surface area contributed by atoms with Crippen molar-refractivity contribution in [1.29, 1.82) is 5.26 Å². The van der Waals surface area contributed by atoms with E-state index in [4.69, 9.17) is 30.5 Å².